The fraction of sp³-hybridized carbons (Fsp3) is 0.941. The third-order valence-electron chi connectivity index (χ3n) is 3.60. The van der Waals surface area contributed by atoms with Crippen molar-refractivity contribution in [3.63, 3.8) is 0 Å². The number of carbonyl (C=O) groups excluding carboxylic acids is 1. The van der Waals surface area contributed by atoms with E-state index in [-0.39, 0.29) is 0 Å². The Labute approximate surface area is 120 Å². The molecule has 0 unspecified atom stereocenters. The number of carbonyl (C=O) groups is 1. The van der Waals surface area contributed by atoms with E-state index in [1.54, 1.807) is 0 Å². The molecule has 0 aliphatic heterocycles. The summed E-state index contributed by atoms with van der Waals surface area (Å²) in [5.41, 5.74) is 0. The molecule has 0 atom stereocenters. The summed E-state index contributed by atoms with van der Waals surface area (Å²) in [4.78, 5) is 12.9. The highest BCUT2D eigenvalue weighted by Crippen LogP contribution is 2.10. The first-order valence-corrected chi connectivity index (χ1v) is 8.25. The Morgan fingerprint density at radius 1 is 0.737 bits per heavy atom. The number of rotatable bonds is 13. The van der Waals surface area contributed by atoms with Crippen molar-refractivity contribution in [2.24, 2.45) is 11.8 Å². The fourth-order valence-corrected chi connectivity index (χ4v) is 2.31. The van der Waals surface area contributed by atoms with Crippen LogP contribution in [0.4, 0.5) is 0 Å². The molecule has 2 heteroatoms. The number of nitrogens with zero attached hydrogens (tertiary/aromatic N) is 1. The van der Waals surface area contributed by atoms with Crippen molar-refractivity contribution in [2.45, 2.75) is 79.1 Å². The first kappa shape index (κ1) is 18.5. The van der Waals surface area contributed by atoms with Gasteiger partial charge in [-0.15, -0.1) is 0 Å². The van der Waals surface area contributed by atoms with Crippen molar-refractivity contribution in [3.05, 3.63) is 0 Å². The summed E-state index contributed by atoms with van der Waals surface area (Å²) in [5.74, 6) is 1.62. The minimum atomic E-state index is 0.808. The molecular weight excluding hydrogens is 234 g/mol. The van der Waals surface area contributed by atoms with Crippen LogP contribution in [0.2, 0.25) is 0 Å². The average molecular weight is 269 g/mol. The SMILES string of the molecule is CC(C)CCCCCN(C=O)CCCCCC(C)C. The quantitative estimate of drug-likeness (QED) is 0.345. The summed E-state index contributed by atoms with van der Waals surface area (Å²) < 4.78 is 0. The van der Waals surface area contributed by atoms with E-state index in [1.807, 2.05) is 4.90 Å². The van der Waals surface area contributed by atoms with E-state index in [2.05, 4.69) is 27.7 Å². The molecule has 0 rings (SSSR count). The minimum absolute atomic E-state index is 0.808. The van der Waals surface area contributed by atoms with Gasteiger partial charge in [0, 0.05) is 13.1 Å². The highest BCUT2D eigenvalue weighted by atomic mass is 16.1. The van der Waals surface area contributed by atoms with Crippen LogP contribution in [0.25, 0.3) is 0 Å². The van der Waals surface area contributed by atoms with Crippen molar-refractivity contribution in [1.82, 2.24) is 4.90 Å². The van der Waals surface area contributed by atoms with E-state index >= 15 is 0 Å². The van der Waals surface area contributed by atoms with Crippen LogP contribution in [0, 0.1) is 11.8 Å². The van der Waals surface area contributed by atoms with Gasteiger partial charge in [0.05, 0.1) is 0 Å². The number of unbranched alkanes of at least 4 members (excludes halogenated alkanes) is 4. The average Bonchev–Trinajstić information content (AvgIpc) is 2.34. The normalized spacial score (nSPS) is 11.3. The van der Waals surface area contributed by atoms with Crippen LogP contribution in [-0.4, -0.2) is 24.4 Å². The van der Waals surface area contributed by atoms with E-state index in [0.717, 1.165) is 44.2 Å². The Morgan fingerprint density at radius 3 is 1.47 bits per heavy atom. The predicted molar refractivity (Wildman–Crippen MR) is 84.2 cm³/mol. The lowest BCUT2D eigenvalue weighted by atomic mass is 10.0. The highest BCUT2D eigenvalue weighted by Gasteiger charge is 2.02. The first-order chi connectivity index (χ1) is 9.06. The van der Waals surface area contributed by atoms with E-state index in [0.29, 0.717) is 0 Å². The van der Waals surface area contributed by atoms with Crippen LogP contribution in [0.5, 0.6) is 0 Å². The van der Waals surface area contributed by atoms with Crippen molar-refractivity contribution < 1.29 is 4.79 Å². The molecule has 2 nitrogen and oxygen atoms in total. The Kier molecular flexibility index (Phi) is 12.2. The van der Waals surface area contributed by atoms with E-state index in [1.165, 1.54) is 38.5 Å². The summed E-state index contributed by atoms with van der Waals surface area (Å²) in [6, 6.07) is 0. The van der Waals surface area contributed by atoms with Gasteiger partial charge in [-0.05, 0) is 24.7 Å². The predicted octanol–water partition coefficient (Wildman–Crippen LogP) is 4.88. The van der Waals surface area contributed by atoms with Gasteiger partial charge in [0.2, 0.25) is 6.41 Å². The van der Waals surface area contributed by atoms with Gasteiger partial charge in [-0.25, -0.2) is 0 Å². The molecule has 0 aliphatic carbocycles. The molecule has 0 spiro atoms. The lowest BCUT2D eigenvalue weighted by Gasteiger charge is -2.17. The smallest absolute Gasteiger partial charge is 0.209 e. The molecule has 0 aromatic carbocycles. The summed E-state index contributed by atoms with van der Waals surface area (Å²) in [5, 5.41) is 0. The topological polar surface area (TPSA) is 20.3 Å². The molecule has 1 amide bonds. The van der Waals surface area contributed by atoms with Crippen LogP contribution in [0.1, 0.15) is 79.1 Å². The lowest BCUT2D eigenvalue weighted by molar-refractivity contribution is -0.118. The second kappa shape index (κ2) is 12.5. The molecule has 0 saturated carbocycles. The van der Waals surface area contributed by atoms with Crippen molar-refractivity contribution >= 4 is 6.41 Å². The molecule has 0 radical (unpaired) electrons. The number of hydrogen-bond donors (Lipinski definition) is 0. The molecular formula is C17H35NO. The summed E-state index contributed by atoms with van der Waals surface area (Å²) in [6.07, 6.45) is 11.1. The standard InChI is InChI=1S/C17H35NO/c1-16(2)11-7-5-9-13-18(15-19)14-10-6-8-12-17(3)4/h15-17H,5-14H2,1-4H3. The molecule has 0 bridgehead atoms. The monoisotopic (exact) mass is 269 g/mol. The molecule has 0 fully saturated rings. The maximum Gasteiger partial charge on any atom is 0.209 e. The van der Waals surface area contributed by atoms with Crippen molar-refractivity contribution in [3.8, 4) is 0 Å². The Morgan fingerprint density at radius 2 is 1.16 bits per heavy atom. The lowest BCUT2D eigenvalue weighted by Crippen LogP contribution is -2.24. The maximum atomic E-state index is 11.0. The van der Waals surface area contributed by atoms with E-state index < -0.39 is 0 Å². The van der Waals surface area contributed by atoms with Gasteiger partial charge < -0.3 is 4.90 Å². The van der Waals surface area contributed by atoms with Gasteiger partial charge in [-0.2, -0.15) is 0 Å². The van der Waals surface area contributed by atoms with E-state index in [4.69, 9.17) is 0 Å². The zero-order valence-corrected chi connectivity index (χ0v) is 13.7. The van der Waals surface area contributed by atoms with Crippen LogP contribution in [-0.2, 0) is 4.79 Å². The van der Waals surface area contributed by atoms with Crippen LogP contribution in [0.15, 0.2) is 0 Å². The van der Waals surface area contributed by atoms with Crippen LogP contribution >= 0.6 is 0 Å². The molecule has 0 aliphatic rings. The Hall–Kier alpha value is -0.530. The zero-order chi connectivity index (χ0) is 14.5. The second-order valence-electron chi connectivity index (χ2n) is 6.63. The molecule has 0 aromatic heterocycles. The third-order valence-corrected chi connectivity index (χ3v) is 3.60. The third kappa shape index (κ3) is 13.7. The van der Waals surface area contributed by atoms with Crippen molar-refractivity contribution in [1.29, 1.82) is 0 Å². The number of hydrogen-bond acceptors (Lipinski definition) is 1. The van der Waals surface area contributed by atoms with Crippen LogP contribution < -0.4 is 0 Å². The van der Waals surface area contributed by atoms with Gasteiger partial charge in [0.1, 0.15) is 0 Å². The van der Waals surface area contributed by atoms with Gasteiger partial charge in [-0.1, -0.05) is 66.2 Å². The molecule has 0 heterocycles. The van der Waals surface area contributed by atoms with Gasteiger partial charge >= 0.3 is 0 Å². The molecule has 0 N–H and O–H groups in total. The van der Waals surface area contributed by atoms with Crippen molar-refractivity contribution in [2.75, 3.05) is 13.1 Å². The second-order valence-corrected chi connectivity index (χ2v) is 6.63. The summed E-state index contributed by atoms with van der Waals surface area (Å²) >= 11 is 0. The summed E-state index contributed by atoms with van der Waals surface area (Å²) in [7, 11) is 0. The first-order valence-electron chi connectivity index (χ1n) is 8.25. The minimum Gasteiger partial charge on any atom is -0.345 e. The Bertz CT molecular complexity index is 183. The zero-order valence-electron chi connectivity index (χ0n) is 13.7. The van der Waals surface area contributed by atoms with Gasteiger partial charge in [-0.3, -0.25) is 4.79 Å². The molecule has 0 saturated heterocycles. The highest BCUT2D eigenvalue weighted by molar-refractivity contribution is 5.46. The number of amides is 1. The molecule has 19 heavy (non-hydrogen) atoms. The van der Waals surface area contributed by atoms with E-state index in [9.17, 15) is 4.79 Å². The summed E-state index contributed by atoms with van der Waals surface area (Å²) in [6.45, 7) is 11.0. The Balaban J connectivity index is 3.42. The van der Waals surface area contributed by atoms with Gasteiger partial charge in [0.15, 0.2) is 0 Å². The maximum absolute atomic E-state index is 11.0. The largest absolute Gasteiger partial charge is 0.345 e. The van der Waals surface area contributed by atoms with Gasteiger partial charge in [0.25, 0.3) is 0 Å². The molecule has 114 valence electrons. The fourth-order valence-electron chi connectivity index (χ4n) is 2.31. The van der Waals surface area contributed by atoms with Crippen LogP contribution in [0.3, 0.4) is 0 Å². The molecule has 0 aromatic rings.